The van der Waals surface area contributed by atoms with Crippen molar-refractivity contribution in [3.8, 4) is 0 Å². The summed E-state index contributed by atoms with van der Waals surface area (Å²) in [6.07, 6.45) is 3.42. The van der Waals surface area contributed by atoms with Crippen LogP contribution < -0.4 is 10.2 Å². The van der Waals surface area contributed by atoms with Crippen molar-refractivity contribution < 1.29 is 4.74 Å². The van der Waals surface area contributed by atoms with Crippen LogP contribution in [0.4, 0.5) is 5.82 Å². The number of hydrogen-bond acceptors (Lipinski definition) is 4. The highest BCUT2D eigenvalue weighted by molar-refractivity contribution is 5.48. The standard InChI is InChI=1S/C16H27N3O/c1-12-8-13(10-18-16(2,3)4)9-17-15(12)19-7-6-14(11-19)20-5/h8-9,14,18H,6-7,10-11H2,1-5H3. The minimum Gasteiger partial charge on any atom is -0.380 e. The summed E-state index contributed by atoms with van der Waals surface area (Å²) >= 11 is 0. The normalized spacial score (nSPS) is 19.6. The van der Waals surface area contributed by atoms with Gasteiger partial charge in [-0.2, -0.15) is 0 Å². The lowest BCUT2D eigenvalue weighted by atomic mass is 10.1. The minimum atomic E-state index is 0.132. The Hall–Kier alpha value is -1.13. The van der Waals surface area contributed by atoms with Gasteiger partial charge in [0.05, 0.1) is 6.10 Å². The van der Waals surface area contributed by atoms with Crippen LogP contribution in [0.3, 0.4) is 0 Å². The molecule has 0 saturated carbocycles. The number of anilines is 1. The summed E-state index contributed by atoms with van der Waals surface area (Å²) in [5.74, 6) is 1.10. The topological polar surface area (TPSA) is 37.4 Å². The SMILES string of the molecule is COC1CCN(c2ncc(CNC(C)(C)C)cc2C)C1. The lowest BCUT2D eigenvalue weighted by Gasteiger charge is -2.22. The van der Waals surface area contributed by atoms with Gasteiger partial charge in [-0.1, -0.05) is 0 Å². The Bertz CT molecular complexity index is 454. The Morgan fingerprint density at radius 3 is 2.75 bits per heavy atom. The van der Waals surface area contributed by atoms with Crippen LogP contribution in [-0.2, 0) is 11.3 Å². The van der Waals surface area contributed by atoms with E-state index in [2.05, 4.69) is 49.0 Å². The maximum absolute atomic E-state index is 5.42. The number of rotatable bonds is 4. The van der Waals surface area contributed by atoms with Gasteiger partial charge in [-0.3, -0.25) is 0 Å². The minimum absolute atomic E-state index is 0.132. The van der Waals surface area contributed by atoms with Gasteiger partial charge < -0.3 is 15.0 Å². The van der Waals surface area contributed by atoms with Gasteiger partial charge in [0, 0.05) is 38.5 Å². The van der Waals surface area contributed by atoms with Crippen molar-refractivity contribution >= 4 is 5.82 Å². The van der Waals surface area contributed by atoms with Crippen LogP contribution in [-0.4, -0.2) is 36.8 Å². The van der Waals surface area contributed by atoms with Gasteiger partial charge in [0.25, 0.3) is 0 Å². The average Bonchev–Trinajstić information content (AvgIpc) is 2.84. The lowest BCUT2D eigenvalue weighted by molar-refractivity contribution is 0.121. The molecule has 1 N–H and O–H groups in total. The molecule has 0 aliphatic carbocycles. The largest absolute Gasteiger partial charge is 0.380 e. The molecule has 2 heterocycles. The van der Waals surface area contributed by atoms with Crippen LogP contribution in [0, 0.1) is 6.92 Å². The smallest absolute Gasteiger partial charge is 0.131 e. The van der Waals surface area contributed by atoms with Crippen LogP contribution in [0.1, 0.15) is 38.3 Å². The van der Waals surface area contributed by atoms with E-state index in [-0.39, 0.29) is 5.54 Å². The van der Waals surface area contributed by atoms with E-state index in [4.69, 9.17) is 4.74 Å². The third-order valence-corrected chi connectivity index (χ3v) is 3.71. The van der Waals surface area contributed by atoms with Gasteiger partial charge >= 0.3 is 0 Å². The van der Waals surface area contributed by atoms with Crippen LogP contribution in [0.15, 0.2) is 12.3 Å². The number of aryl methyl sites for hydroxylation is 1. The Morgan fingerprint density at radius 2 is 2.20 bits per heavy atom. The molecule has 0 aromatic carbocycles. The van der Waals surface area contributed by atoms with Gasteiger partial charge in [-0.05, 0) is 51.3 Å². The molecule has 1 aliphatic rings. The van der Waals surface area contributed by atoms with Crippen LogP contribution >= 0.6 is 0 Å². The van der Waals surface area contributed by atoms with Gasteiger partial charge in [0.15, 0.2) is 0 Å². The van der Waals surface area contributed by atoms with Crippen LogP contribution in [0.25, 0.3) is 0 Å². The van der Waals surface area contributed by atoms with E-state index in [1.54, 1.807) is 7.11 Å². The van der Waals surface area contributed by atoms with Gasteiger partial charge in [0.2, 0.25) is 0 Å². The second kappa shape index (κ2) is 6.10. The number of nitrogens with one attached hydrogen (secondary N) is 1. The van der Waals surface area contributed by atoms with Crippen molar-refractivity contribution in [2.75, 3.05) is 25.1 Å². The van der Waals surface area contributed by atoms with E-state index in [0.717, 1.165) is 31.9 Å². The Kier molecular flexibility index (Phi) is 4.66. The molecule has 4 nitrogen and oxygen atoms in total. The van der Waals surface area contributed by atoms with E-state index >= 15 is 0 Å². The quantitative estimate of drug-likeness (QED) is 0.917. The lowest BCUT2D eigenvalue weighted by Crippen LogP contribution is -2.35. The molecule has 4 heteroatoms. The molecule has 20 heavy (non-hydrogen) atoms. The average molecular weight is 277 g/mol. The molecule has 1 saturated heterocycles. The first kappa shape index (κ1) is 15.3. The van der Waals surface area contributed by atoms with E-state index < -0.39 is 0 Å². The van der Waals surface area contributed by atoms with E-state index in [9.17, 15) is 0 Å². The zero-order valence-corrected chi connectivity index (χ0v) is 13.4. The second-order valence-corrected chi connectivity index (χ2v) is 6.68. The summed E-state index contributed by atoms with van der Waals surface area (Å²) < 4.78 is 5.42. The van der Waals surface area contributed by atoms with Crippen molar-refractivity contribution in [3.63, 3.8) is 0 Å². The molecule has 1 fully saturated rings. The van der Waals surface area contributed by atoms with E-state index in [0.29, 0.717) is 6.10 Å². The molecule has 1 atom stereocenters. The highest BCUT2D eigenvalue weighted by atomic mass is 16.5. The number of pyridine rings is 1. The second-order valence-electron chi connectivity index (χ2n) is 6.68. The number of nitrogens with zero attached hydrogens (tertiary/aromatic N) is 2. The zero-order chi connectivity index (χ0) is 14.8. The Balaban J connectivity index is 2.03. The summed E-state index contributed by atoms with van der Waals surface area (Å²) in [6.45, 7) is 11.5. The molecular formula is C16H27N3O. The number of aromatic nitrogens is 1. The highest BCUT2D eigenvalue weighted by Crippen LogP contribution is 2.23. The third-order valence-electron chi connectivity index (χ3n) is 3.71. The molecule has 0 amide bonds. The fourth-order valence-corrected chi connectivity index (χ4v) is 2.53. The molecular weight excluding hydrogens is 250 g/mol. The Labute approximate surface area is 122 Å². The number of methoxy groups -OCH3 is 1. The molecule has 1 aromatic heterocycles. The molecule has 2 rings (SSSR count). The zero-order valence-electron chi connectivity index (χ0n) is 13.4. The van der Waals surface area contributed by atoms with Gasteiger partial charge in [-0.15, -0.1) is 0 Å². The van der Waals surface area contributed by atoms with Crippen molar-refractivity contribution in [2.24, 2.45) is 0 Å². The fourth-order valence-electron chi connectivity index (χ4n) is 2.53. The monoisotopic (exact) mass is 277 g/mol. The summed E-state index contributed by atoms with van der Waals surface area (Å²) in [7, 11) is 1.79. The van der Waals surface area contributed by atoms with Crippen molar-refractivity contribution in [2.45, 2.75) is 52.3 Å². The van der Waals surface area contributed by atoms with Gasteiger partial charge in [0.1, 0.15) is 5.82 Å². The maximum atomic E-state index is 5.42. The summed E-state index contributed by atoms with van der Waals surface area (Å²) in [5, 5.41) is 3.50. The Morgan fingerprint density at radius 1 is 1.45 bits per heavy atom. The first-order valence-corrected chi connectivity index (χ1v) is 7.37. The number of ether oxygens (including phenoxy) is 1. The fraction of sp³-hybridized carbons (Fsp3) is 0.688. The predicted octanol–water partition coefficient (Wildman–Crippen LogP) is 2.50. The predicted molar refractivity (Wildman–Crippen MR) is 83.2 cm³/mol. The first-order chi connectivity index (χ1) is 9.39. The summed E-state index contributed by atoms with van der Waals surface area (Å²) in [5.41, 5.74) is 2.62. The summed E-state index contributed by atoms with van der Waals surface area (Å²) in [6, 6.07) is 2.24. The molecule has 112 valence electrons. The van der Waals surface area contributed by atoms with Gasteiger partial charge in [-0.25, -0.2) is 4.98 Å². The van der Waals surface area contributed by atoms with Crippen LogP contribution in [0.2, 0.25) is 0 Å². The first-order valence-electron chi connectivity index (χ1n) is 7.37. The molecule has 0 bridgehead atoms. The van der Waals surface area contributed by atoms with Crippen molar-refractivity contribution in [1.29, 1.82) is 0 Å². The third kappa shape index (κ3) is 3.93. The molecule has 1 aliphatic heterocycles. The molecule has 1 unspecified atom stereocenters. The van der Waals surface area contributed by atoms with Crippen LogP contribution in [0.5, 0.6) is 0 Å². The van der Waals surface area contributed by atoms with E-state index in [1.165, 1.54) is 11.1 Å². The number of hydrogen-bond donors (Lipinski definition) is 1. The maximum Gasteiger partial charge on any atom is 0.131 e. The summed E-state index contributed by atoms with van der Waals surface area (Å²) in [4.78, 5) is 6.98. The van der Waals surface area contributed by atoms with Crippen molar-refractivity contribution in [3.05, 3.63) is 23.4 Å². The van der Waals surface area contributed by atoms with E-state index in [1.807, 2.05) is 6.20 Å². The molecule has 0 spiro atoms. The van der Waals surface area contributed by atoms with Crippen molar-refractivity contribution in [1.82, 2.24) is 10.3 Å². The highest BCUT2D eigenvalue weighted by Gasteiger charge is 2.24. The molecule has 0 radical (unpaired) electrons. The molecule has 1 aromatic rings.